The average Bonchev–Trinajstić information content (AvgIpc) is 3.35. The largest absolute Gasteiger partial charge is 0.385 e. The zero-order valence-corrected chi connectivity index (χ0v) is 20.7. The highest BCUT2D eigenvalue weighted by molar-refractivity contribution is 7.23. The Kier molecular flexibility index (Phi) is 6.02. The number of alkyl halides is 1. The Morgan fingerprint density at radius 1 is 1.19 bits per heavy atom. The van der Waals surface area contributed by atoms with Crippen molar-refractivity contribution in [1.29, 1.82) is 0 Å². The first-order chi connectivity index (χ1) is 17.4. The topological polar surface area (TPSA) is 69.9 Å². The number of hydrogen-bond acceptors (Lipinski definition) is 5. The summed E-state index contributed by atoms with van der Waals surface area (Å²) in [5, 5.41) is 13.2. The summed E-state index contributed by atoms with van der Waals surface area (Å²) in [6.45, 7) is 3.01. The van der Waals surface area contributed by atoms with E-state index in [-0.39, 0.29) is 5.91 Å². The van der Waals surface area contributed by atoms with Gasteiger partial charge in [-0.2, -0.15) is 0 Å². The smallest absolute Gasteiger partial charge is 0.251 e. The molecule has 1 amide bonds. The molecule has 1 saturated carbocycles. The molecule has 0 bridgehead atoms. The van der Waals surface area contributed by atoms with E-state index in [0.717, 1.165) is 41.2 Å². The first-order valence-corrected chi connectivity index (χ1v) is 13.3. The van der Waals surface area contributed by atoms with Crippen molar-refractivity contribution >= 4 is 32.4 Å². The summed E-state index contributed by atoms with van der Waals surface area (Å²) < 4.78 is 30.9. The summed E-state index contributed by atoms with van der Waals surface area (Å²) in [5.41, 5.74) is 2.17. The minimum atomic E-state index is -0.873. The number of likely N-dealkylation sites (tertiary alicyclic amines) is 1. The van der Waals surface area contributed by atoms with E-state index in [1.54, 1.807) is 18.2 Å². The molecule has 1 saturated heterocycles. The predicted molar refractivity (Wildman–Crippen MR) is 137 cm³/mol. The van der Waals surface area contributed by atoms with Crippen LogP contribution < -0.4 is 5.32 Å². The third-order valence-electron chi connectivity index (χ3n) is 7.32. The summed E-state index contributed by atoms with van der Waals surface area (Å²) >= 11 is 1.45. The molecule has 2 N–H and O–H groups in total. The fourth-order valence-electron chi connectivity index (χ4n) is 4.92. The molecule has 9 heteroatoms. The highest BCUT2D eigenvalue weighted by atomic mass is 32.1. The van der Waals surface area contributed by atoms with Crippen molar-refractivity contribution in [2.75, 3.05) is 26.2 Å². The number of nitrogens with zero attached hydrogens (tertiary/aromatic N) is 3. The maximum absolute atomic E-state index is 14.8. The highest BCUT2D eigenvalue weighted by Gasteiger charge is 2.42. The van der Waals surface area contributed by atoms with E-state index < -0.39 is 17.6 Å². The summed E-state index contributed by atoms with van der Waals surface area (Å²) in [4.78, 5) is 20.3. The van der Waals surface area contributed by atoms with Gasteiger partial charge >= 0.3 is 0 Å². The summed E-state index contributed by atoms with van der Waals surface area (Å²) in [7, 11) is 0. The van der Waals surface area contributed by atoms with Crippen molar-refractivity contribution in [2.24, 2.45) is 0 Å². The van der Waals surface area contributed by atoms with Gasteiger partial charge in [0.1, 0.15) is 12.0 Å². The molecular formula is C27H28F2N4O2S. The maximum atomic E-state index is 14.8. The number of aromatic nitrogens is 2. The molecular weight excluding hydrogens is 482 g/mol. The van der Waals surface area contributed by atoms with Gasteiger partial charge in [0.25, 0.3) is 5.91 Å². The van der Waals surface area contributed by atoms with E-state index in [4.69, 9.17) is 0 Å². The molecule has 0 unspecified atom stereocenters. The van der Waals surface area contributed by atoms with Crippen LogP contribution >= 0.6 is 11.3 Å². The zero-order valence-electron chi connectivity index (χ0n) is 19.8. The number of piperidine rings is 1. The van der Waals surface area contributed by atoms with E-state index in [1.807, 2.05) is 22.7 Å². The van der Waals surface area contributed by atoms with Gasteiger partial charge in [-0.1, -0.05) is 17.4 Å². The second-order valence-corrected chi connectivity index (χ2v) is 10.9. The van der Waals surface area contributed by atoms with Gasteiger partial charge in [-0.3, -0.25) is 9.20 Å². The number of rotatable bonds is 7. The van der Waals surface area contributed by atoms with E-state index in [1.165, 1.54) is 17.4 Å². The molecule has 6 nitrogen and oxygen atoms in total. The van der Waals surface area contributed by atoms with Gasteiger partial charge < -0.3 is 15.3 Å². The fraction of sp³-hybridized carbons (Fsp3) is 0.407. The molecule has 0 spiro atoms. The number of thiazole rings is 1. The Hall–Kier alpha value is -2.88. The van der Waals surface area contributed by atoms with Gasteiger partial charge in [-0.15, -0.1) is 0 Å². The van der Waals surface area contributed by atoms with Crippen LogP contribution in [0.5, 0.6) is 0 Å². The van der Waals surface area contributed by atoms with Crippen LogP contribution in [0.25, 0.3) is 26.4 Å². The molecule has 1 aliphatic heterocycles. The Morgan fingerprint density at radius 3 is 2.75 bits per heavy atom. The van der Waals surface area contributed by atoms with Crippen LogP contribution in [0.4, 0.5) is 8.78 Å². The second-order valence-electron chi connectivity index (χ2n) is 9.92. The number of hydrogen-bond donors (Lipinski definition) is 2. The van der Waals surface area contributed by atoms with Gasteiger partial charge in [-0.05, 0) is 74.5 Å². The number of aliphatic hydroxyl groups is 1. The number of carbonyl (C=O) groups excluding carboxylic acids is 1. The van der Waals surface area contributed by atoms with E-state index in [0.29, 0.717) is 54.6 Å². The standard InChI is InChI=1S/C27H28F2N4O2S/c28-19-6-12-32(13-7-19)11-1-10-30-25(34)17-2-5-23-24(14-17)36-26-31-22(16-33(23)26)20-4-3-18(15-21(20)29)27(35)8-9-27/h2-5,14-16,19,35H,1,6-13H2,(H,30,34). The molecule has 188 valence electrons. The minimum Gasteiger partial charge on any atom is -0.385 e. The van der Waals surface area contributed by atoms with Crippen LogP contribution in [-0.4, -0.2) is 57.6 Å². The summed E-state index contributed by atoms with van der Waals surface area (Å²) in [6.07, 6.45) is 4.50. The van der Waals surface area contributed by atoms with Gasteiger partial charge in [0, 0.05) is 37.0 Å². The number of nitrogens with one attached hydrogen (secondary N) is 1. The number of fused-ring (bicyclic) bond motifs is 3. The predicted octanol–water partition coefficient (Wildman–Crippen LogP) is 4.89. The lowest BCUT2D eigenvalue weighted by Crippen LogP contribution is -2.36. The monoisotopic (exact) mass is 510 g/mol. The van der Waals surface area contributed by atoms with Gasteiger partial charge in [0.05, 0.1) is 21.5 Å². The third-order valence-corrected chi connectivity index (χ3v) is 8.33. The molecule has 2 aromatic heterocycles. The number of halogens is 2. The van der Waals surface area contributed by atoms with E-state index in [2.05, 4.69) is 15.2 Å². The summed E-state index contributed by atoms with van der Waals surface area (Å²) in [6, 6.07) is 10.4. The van der Waals surface area contributed by atoms with Crippen molar-refractivity contribution in [1.82, 2.24) is 19.6 Å². The highest BCUT2D eigenvalue weighted by Crippen LogP contribution is 2.46. The van der Waals surface area contributed by atoms with Gasteiger partial charge in [0.2, 0.25) is 0 Å². The third kappa shape index (κ3) is 4.51. The van der Waals surface area contributed by atoms with Crippen LogP contribution in [0.1, 0.15) is 48.0 Å². The van der Waals surface area contributed by atoms with Crippen molar-refractivity contribution in [3.05, 3.63) is 59.5 Å². The van der Waals surface area contributed by atoms with E-state index >= 15 is 0 Å². The Bertz CT molecular complexity index is 1440. The van der Waals surface area contributed by atoms with Crippen molar-refractivity contribution < 1.29 is 18.7 Å². The van der Waals surface area contributed by atoms with Crippen LogP contribution in [0.2, 0.25) is 0 Å². The Balaban J connectivity index is 1.13. The van der Waals surface area contributed by atoms with Crippen molar-refractivity contribution in [3.63, 3.8) is 0 Å². The molecule has 2 aliphatic rings. The molecule has 4 aromatic rings. The zero-order chi connectivity index (χ0) is 24.9. The van der Waals surface area contributed by atoms with Crippen LogP contribution in [0.15, 0.2) is 42.6 Å². The fourth-order valence-corrected chi connectivity index (χ4v) is 5.97. The van der Waals surface area contributed by atoms with Gasteiger partial charge in [-0.25, -0.2) is 13.8 Å². The molecule has 6 rings (SSSR count). The lowest BCUT2D eigenvalue weighted by atomic mass is 10.0. The molecule has 2 fully saturated rings. The minimum absolute atomic E-state index is 0.120. The summed E-state index contributed by atoms with van der Waals surface area (Å²) in [5.74, 6) is -0.515. The van der Waals surface area contributed by atoms with Crippen LogP contribution in [0, 0.1) is 5.82 Å². The van der Waals surface area contributed by atoms with Crippen molar-refractivity contribution in [2.45, 2.75) is 43.9 Å². The first kappa shape index (κ1) is 23.5. The van der Waals surface area contributed by atoms with E-state index in [9.17, 15) is 18.7 Å². The SMILES string of the molecule is O=C(NCCCN1CCC(F)CC1)c1ccc2c(c1)sc1nc(-c3ccc(C4(O)CC4)cc3F)cn12. The number of benzene rings is 2. The first-order valence-electron chi connectivity index (χ1n) is 12.5. The van der Waals surface area contributed by atoms with Crippen LogP contribution in [-0.2, 0) is 5.60 Å². The van der Waals surface area contributed by atoms with Gasteiger partial charge in [0.15, 0.2) is 4.96 Å². The quantitative estimate of drug-likeness (QED) is 0.348. The molecule has 36 heavy (non-hydrogen) atoms. The lowest BCUT2D eigenvalue weighted by Gasteiger charge is -2.28. The average molecular weight is 511 g/mol. The normalized spacial score (nSPS) is 18.2. The number of amides is 1. The van der Waals surface area contributed by atoms with Crippen molar-refractivity contribution in [3.8, 4) is 11.3 Å². The lowest BCUT2D eigenvalue weighted by molar-refractivity contribution is 0.0950. The molecule has 0 atom stereocenters. The molecule has 2 aromatic carbocycles. The molecule has 0 radical (unpaired) electrons. The van der Waals surface area contributed by atoms with Crippen LogP contribution in [0.3, 0.4) is 0 Å². The number of carbonyl (C=O) groups is 1. The maximum Gasteiger partial charge on any atom is 0.251 e. The Labute approximate surface area is 211 Å². The Morgan fingerprint density at radius 2 is 2.00 bits per heavy atom. The molecule has 3 heterocycles. The molecule has 1 aliphatic carbocycles. The second kappa shape index (κ2) is 9.21. The number of imidazole rings is 1.